The predicted octanol–water partition coefficient (Wildman–Crippen LogP) is 5.45. The van der Waals surface area contributed by atoms with Crippen molar-refractivity contribution in [3.63, 3.8) is 0 Å². The first kappa shape index (κ1) is 19.8. The summed E-state index contributed by atoms with van der Waals surface area (Å²) in [7, 11) is 0. The fourth-order valence-corrected chi connectivity index (χ4v) is 3.52. The van der Waals surface area contributed by atoms with Gasteiger partial charge in [0.1, 0.15) is 0 Å². The summed E-state index contributed by atoms with van der Waals surface area (Å²) in [6.45, 7) is 3.89. The minimum absolute atomic E-state index is 0.102. The lowest BCUT2D eigenvalue weighted by atomic mass is 10.1. The molecule has 0 atom stereocenters. The van der Waals surface area contributed by atoms with E-state index in [1.807, 2.05) is 31.2 Å². The van der Waals surface area contributed by atoms with Gasteiger partial charge in [0, 0.05) is 16.3 Å². The molecule has 0 radical (unpaired) electrons. The highest BCUT2D eigenvalue weighted by molar-refractivity contribution is 8.00. The number of nitrogens with one attached hydrogen (secondary N) is 2. The van der Waals surface area contributed by atoms with Gasteiger partial charge < -0.3 is 10.1 Å². The van der Waals surface area contributed by atoms with Crippen LogP contribution in [0.25, 0.3) is 10.8 Å². The number of anilines is 2. The SMILES string of the molecule is CCOC(=O)Nc1cccc(NC(=O)CSc2ccc3ccccc3c2)c1C. The van der Waals surface area contributed by atoms with Gasteiger partial charge in [-0.3, -0.25) is 10.1 Å². The first-order valence-electron chi connectivity index (χ1n) is 9.01. The molecule has 3 aromatic carbocycles. The number of fused-ring (bicyclic) bond motifs is 1. The summed E-state index contributed by atoms with van der Waals surface area (Å²) in [6, 6.07) is 19.7. The maximum Gasteiger partial charge on any atom is 0.411 e. The quantitative estimate of drug-likeness (QED) is 0.546. The second kappa shape index (κ2) is 9.28. The Hall–Kier alpha value is -2.99. The van der Waals surface area contributed by atoms with Crippen LogP contribution in [0.5, 0.6) is 0 Å². The summed E-state index contributed by atoms with van der Waals surface area (Å²) in [4.78, 5) is 25.1. The van der Waals surface area contributed by atoms with E-state index in [-0.39, 0.29) is 5.91 Å². The van der Waals surface area contributed by atoms with Crippen molar-refractivity contribution in [1.82, 2.24) is 0 Å². The number of rotatable bonds is 6. The summed E-state index contributed by atoms with van der Waals surface area (Å²) in [5.41, 5.74) is 2.05. The average Bonchev–Trinajstić information content (AvgIpc) is 2.69. The highest BCUT2D eigenvalue weighted by Crippen LogP contribution is 2.26. The van der Waals surface area contributed by atoms with Crippen molar-refractivity contribution < 1.29 is 14.3 Å². The highest BCUT2D eigenvalue weighted by atomic mass is 32.2. The second-order valence-corrected chi connectivity index (χ2v) is 7.22. The number of amides is 2. The van der Waals surface area contributed by atoms with Crippen molar-refractivity contribution in [2.75, 3.05) is 23.0 Å². The van der Waals surface area contributed by atoms with Gasteiger partial charge in [0.05, 0.1) is 12.4 Å². The van der Waals surface area contributed by atoms with E-state index in [1.54, 1.807) is 19.1 Å². The third-order valence-corrected chi connectivity index (χ3v) is 5.20. The average molecular weight is 394 g/mol. The van der Waals surface area contributed by atoms with E-state index >= 15 is 0 Å². The molecule has 3 aromatic rings. The molecule has 5 nitrogen and oxygen atoms in total. The standard InChI is InChI=1S/C22H22N2O3S/c1-3-27-22(26)24-20-10-6-9-19(15(20)2)23-21(25)14-28-18-12-11-16-7-4-5-8-17(16)13-18/h4-13H,3,14H2,1-2H3,(H,23,25)(H,24,26). The van der Waals surface area contributed by atoms with Crippen molar-refractivity contribution in [3.8, 4) is 0 Å². The molecule has 0 fully saturated rings. The van der Waals surface area contributed by atoms with E-state index in [9.17, 15) is 9.59 Å². The van der Waals surface area contributed by atoms with E-state index in [0.29, 0.717) is 23.7 Å². The molecule has 0 heterocycles. The van der Waals surface area contributed by atoms with Gasteiger partial charge >= 0.3 is 6.09 Å². The lowest BCUT2D eigenvalue weighted by Gasteiger charge is -2.13. The zero-order chi connectivity index (χ0) is 19.9. The third-order valence-electron chi connectivity index (χ3n) is 4.21. The van der Waals surface area contributed by atoms with E-state index in [4.69, 9.17) is 4.74 Å². The highest BCUT2D eigenvalue weighted by Gasteiger charge is 2.11. The van der Waals surface area contributed by atoms with Crippen LogP contribution in [0.2, 0.25) is 0 Å². The molecule has 0 unspecified atom stereocenters. The number of ether oxygens (including phenoxy) is 1. The first-order chi connectivity index (χ1) is 13.6. The lowest BCUT2D eigenvalue weighted by molar-refractivity contribution is -0.113. The number of thioether (sulfide) groups is 1. The smallest absolute Gasteiger partial charge is 0.411 e. The largest absolute Gasteiger partial charge is 0.450 e. The van der Waals surface area contributed by atoms with Crippen molar-refractivity contribution in [1.29, 1.82) is 0 Å². The number of carbonyl (C=O) groups is 2. The lowest BCUT2D eigenvalue weighted by Crippen LogP contribution is -2.17. The van der Waals surface area contributed by atoms with Crippen LogP contribution < -0.4 is 10.6 Å². The molecule has 0 bridgehead atoms. The normalized spacial score (nSPS) is 10.5. The fourth-order valence-electron chi connectivity index (χ4n) is 2.78. The fraction of sp³-hybridized carbons (Fsp3) is 0.182. The molecule has 6 heteroatoms. The Balaban J connectivity index is 1.61. The van der Waals surface area contributed by atoms with E-state index in [1.165, 1.54) is 17.1 Å². The molecule has 0 spiro atoms. The minimum Gasteiger partial charge on any atom is -0.450 e. The Morgan fingerprint density at radius 1 is 0.929 bits per heavy atom. The van der Waals surface area contributed by atoms with Gasteiger partial charge in [-0.05, 0) is 54.4 Å². The molecular weight excluding hydrogens is 372 g/mol. The molecule has 0 aromatic heterocycles. The summed E-state index contributed by atoms with van der Waals surface area (Å²) >= 11 is 1.49. The number of hydrogen-bond acceptors (Lipinski definition) is 4. The molecule has 3 rings (SSSR count). The number of benzene rings is 3. The summed E-state index contributed by atoms with van der Waals surface area (Å²) in [5.74, 6) is 0.197. The molecule has 2 amide bonds. The molecule has 2 N–H and O–H groups in total. The van der Waals surface area contributed by atoms with Gasteiger partial charge in [-0.25, -0.2) is 4.79 Å². The van der Waals surface area contributed by atoms with Crippen molar-refractivity contribution >= 4 is 45.9 Å². The maximum absolute atomic E-state index is 12.4. The van der Waals surface area contributed by atoms with Crippen LogP contribution in [0.15, 0.2) is 65.6 Å². The van der Waals surface area contributed by atoms with Gasteiger partial charge in [-0.15, -0.1) is 11.8 Å². The zero-order valence-electron chi connectivity index (χ0n) is 15.8. The molecule has 144 valence electrons. The van der Waals surface area contributed by atoms with Crippen molar-refractivity contribution in [3.05, 3.63) is 66.2 Å². The van der Waals surface area contributed by atoms with Gasteiger partial charge in [0.15, 0.2) is 0 Å². The van der Waals surface area contributed by atoms with Gasteiger partial charge in [-0.1, -0.05) is 36.4 Å². The van der Waals surface area contributed by atoms with Crippen molar-refractivity contribution in [2.24, 2.45) is 0 Å². The van der Waals surface area contributed by atoms with Crippen LogP contribution in [0.3, 0.4) is 0 Å². The summed E-state index contributed by atoms with van der Waals surface area (Å²) in [5, 5.41) is 7.93. The second-order valence-electron chi connectivity index (χ2n) is 6.17. The molecule has 0 aliphatic heterocycles. The first-order valence-corrected chi connectivity index (χ1v) is 10.00. The van der Waals surface area contributed by atoms with E-state index in [0.717, 1.165) is 15.8 Å². The Labute approximate surface area is 168 Å². The monoisotopic (exact) mass is 394 g/mol. The molecule has 0 aliphatic carbocycles. The molecule has 0 saturated carbocycles. The topological polar surface area (TPSA) is 67.4 Å². The Bertz CT molecular complexity index is 1000. The number of carbonyl (C=O) groups excluding carboxylic acids is 2. The van der Waals surface area contributed by atoms with E-state index < -0.39 is 6.09 Å². The van der Waals surface area contributed by atoms with E-state index in [2.05, 4.69) is 34.9 Å². The Morgan fingerprint density at radius 2 is 1.64 bits per heavy atom. The molecule has 0 saturated heterocycles. The molecule has 0 aliphatic rings. The van der Waals surface area contributed by atoms with Gasteiger partial charge in [-0.2, -0.15) is 0 Å². The molecule has 28 heavy (non-hydrogen) atoms. The van der Waals surface area contributed by atoms with Crippen LogP contribution in [-0.2, 0) is 9.53 Å². The molecular formula is C22H22N2O3S. The van der Waals surface area contributed by atoms with Crippen LogP contribution in [0.4, 0.5) is 16.2 Å². The Morgan fingerprint density at radius 3 is 2.39 bits per heavy atom. The minimum atomic E-state index is -0.513. The number of hydrogen-bond donors (Lipinski definition) is 2. The van der Waals surface area contributed by atoms with Gasteiger partial charge in [0.2, 0.25) is 5.91 Å². The predicted molar refractivity (Wildman–Crippen MR) is 115 cm³/mol. The van der Waals surface area contributed by atoms with Crippen molar-refractivity contribution in [2.45, 2.75) is 18.7 Å². The van der Waals surface area contributed by atoms with Gasteiger partial charge in [0.25, 0.3) is 0 Å². The van der Waals surface area contributed by atoms with Crippen LogP contribution in [-0.4, -0.2) is 24.4 Å². The third kappa shape index (κ3) is 5.04. The summed E-state index contributed by atoms with van der Waals surface area (Å²) < 4.78 is 4.90. The Kier molecular flexibility index (Phi) is 6.55. The van der Waals surface area contributed by atoms with Crippen LogP contribution >= 0.6 is 11.8 Å². The summed E-state index contributed by atoms with van der Waals surface area (Å²) in [6.07, 6.45) is -0.513. The van der Waals surface area contributed by atoms with Crippen LogP contribution in [0, 0.1) is 6.92 Å². The van der Waals surface area contributed by atoms with Crippen LogP contribution in [0.1, 0.15) is 12.5 Å². The zero-order valence-corrected chi connectivity index (χ0v) is 16.6. The maximum atomic E-state index is 12.4.